The Hall–Kier alpha value is -3.44. The summed E-state index contributed by atoms with van der Waals surface area (Å²) in [7, 11) is 0. The molecule has 2 heterocycles. The van der Waals surface area contributed by atoms with Crippen LogP contribution in [0.5, 0.6) is 0 Å². The van der Waals surface area contributed by atoms with Gasteiger partial charge in [-0.2, -0.15) is 0 Å². The summed E-state index contributed by atoms with van der Waals surface area (Å²) >= 11 is 1.72. The van der Waals surface area contributed by atoms with Gasteiger partial charge >= 0.3 is 6.03 Å². The molecule has 0 unspecified atom stereocenters. The smallest absolute Gasteiger partial charge is 0.318 e. The lowest BCUT2D eigenvalue weighted by Crippen LogP contribution is -2.38. The Morgan fingerprint density at radius 1 is 0.938 bits per heavy atom. The van der Waals surface area contributed by atoms with E-state index in [2.05, 4.69) is 70.9 Å². The molecule has 0 bridgehead atoms. The van der Waals surface area contributed by atoms with Crippen LogP contribution in [-0.2, 0) is 6.54 Å². The van der Waals surface area contributed by atoms with Gasteiger partial charge in [0.1, 0.15) is 0 Å². The third kappa shape index (κ3) is 3.69. The van der Waals surface area contributed by atoms with Crippen molar-refractivity contribution >= 4 is 23.5 Å². The van der Waals surface area contributed by atoms with Crippen LogP contribution in [0.25, 0.3) is 5.69 Å². The van der Waals surface area contributed by atoms with Crippen molar-refractivity contribution in [3.8, 4) is 5.69 Å². The molecular formula is C27H25N3OS. The fourth-order valence-electron chi connectivity index (χ4n) is 4.38. The van der Waals surface area contributed by atoms with E-state index in [1.54, 1.807) is 11.8 Å². The number of hydrogen-bond donors (Lipinski definition) is 1. The minimum atomic E-state index is -0.211. The number of aryl methyl sites for hydroxylation is 1. The van der Waals surface area contributed by atoms with Crippen LogP contribution >= 0.6 is 11.8 Å². The maximum absolute atomic E-state index is 13.7. The molecule has 4 aromatic rings. The maximum atomic E-state index is 13.7. The molecule has 1 aromatic heterocycles. The molecule has 0 fully saturated rings. The molecule has 0 saturated heterocycles. The molecule has 0 aliphatic carbocycles. The molecule has 1 N–H and O–H groups in total. The highest BCUT2D eigenvalue weighted by molar-refractivity contribution is 7.98. The van der Waals surface area contributed by atoms with Crippen molar-refractivity contribution in [1.29, 1.82) is 0 Å². The summed E-state index contributed by atoms with van der Waals surface area (Å²) in [4.78, 5) is 16.9. The van der Waals surface area contributed by atoms with Gasteiger partial charge in [-0.05, 0) is 66.3 Å². The third-order valence-corrected chi connectivity index (χ3v) is 6.79. The largest absolute Gasteiger partial charge is 0.322 e. The second kappa shape index (κ2) is 8.60. The SMILES string of the molecule is CSc1ccc([C@@H]2c3cccn3-c3ccccc3CN2C(=O)Nc2ccccc2C)cc1. The number of urea groups is 1. The summed E-state index contributed by atoms with van der Waals surface area (Å²) < 4.78 is 2.21. The van der Waals surface area contributed by atoms with E-state index in [1.807, 2.05) is 48.2 Å². The Balaban J connectivity index is 1.63. The lowest BCUT2D eigenvalue weighted by Gasteiger charge is -2.31. The highest BCUT2D eigenvalue weighted by Crippen LogP contribution is 2.37. The number of rotatable bonds is 3. The third-order valence-electron chi connectivity index (χ3n) is 6.04. The Morgan fingerprint density at radius 3 is 2.47 bits per heavy atom. The zero-order chi connectivity index (χ0) is 22.1. The van der Waals surface area contributed by atoms with Crippen LogP contribution in [0.15, 0.2) is 96.0 Å². The predicted octanol–water partition coefficient (Wildman–Crippen LogP) is 6.64. The number of fused-ring (bicyclic) bond motifs is 3. The summed E-state index contributed by atoms with van der Waals surface area (Å²) in [5.41, 5.74) is 6.28. The Bertz CT molecular complexity index is 1260. The van der Waals surface area contributed by atoms with Crippen LogP contribution in [0.2, 0.25) is 0 Å². The van der Waals surface area contributed by atoms with Gasteiger partial charge in [0.2, 0.25) is 0 Å². The number of amides is 2. The number of hydrogen-bond acceptors (Lipinski definition) is 2. The van der Waals surface area contributed by atoms with Gasteiger partial charge in [-0.3, -0.25) is 0 Å². The lowest BCUT2D eigenvalue weighted by molar-refractivity contribution is 0.194. The molecule has 5 rings (SSSR count). The Kier molecular flexibility index (Phi) is 5.50. The van der Waals surface area contributed by atoms with Crippen LogP contribution in [0.3, 0.4) is 0 Å². The molecule has 4 nitrogen and oxygen atoms in total. The molecule has 1 aliphatic heterocycles. The fraction of sp³-hybridized carbons (Fsp3) is 0.148. The van der Waals surface area contributed by atoms with Crippen molar-refractivity contribution < 1.29 is 4.79 Å². The van der Waals surface area contributed by atoms with E-state index >= 15 is 0 Å². The Labute approximate surface area is 192 Å². The van der Waals surface area contributed by atoms with Crippen LogP contribution in [0.4, 0.5) is 10.5 Å². The molecule has 32 heavy (non-hydrogen) atoms. The molecule has 0 saturated carbocycles. The van der Waals surface area contributed by atoms with Crippen molar-refractivity contribution in [2.75, 3.05) is 11.6 Å². The van der Waals surface area contributed by atoms with E-state index in [4.69, 9.17) is 0 Å². The van der Waals surface area contributed by atoms with E-state index < -0.39 is 0 Å². The first kappa shape index (κ1) is 20.5. The summed E-state index contributed by atoms with van der Waals surface area (Å²) in [5.74, 6) is 0. The second-order valence-electron chi connectivity index (χ2n) is 7.98. The second-order valence-corrected chi connectivity index (χ2v) is 8.86. The summed E-state index contributed by atoms with van der Waals surface area (Å²) in [5, 5.41) is 3.16. The van der Waals surface area contributed by atoms with Gasteiger partial charge in [0.25, 0.3) is 0 Å². The van der Waals surface area contributed by atoms with Crippen molar-refractivity contribution in [3.05, 3.63) is 114 Å². The summed E-state index contributed by atoms with van der Waals surface area (Å²) in [6, 6.07) is 28.6. The first-order chi connectivity index (χ1) is 15.7. The van der Waals surface area contributed by atoms with Crippen molar-refractivity contribution in [2.24, 2.45) is 0 Å². The number of anilines is 1. The van der Waals surface area contributed by atoms with Gasteiger partial charge in [-0.15, -0.1) is 11.8 Å². The van der Waals surface area contributed by atoms with Crippen LogP contribution < -0.4 is 5.32 Å². The molecule has 0 radical (unpaired) electrons. The summed E-state index contributed by atoms with van der Waals surface area (Å²) in [6.07, 6.45) is 4.16. The van der Waals surface area contributed by atoms with Gasteiger partial charge in [0.05, 0.1) is 18.3 Å². The molecule has 1 aliphatic rings. The number of thioether (sulfide) groups is 1. The van der Waals surface area contributed by atoms with E-state index in [-0.39, 0.29) is 12.1 Å². The highest BCUT2D eigenvalue weighted by Gasteiger charge is 2.33. The van der Waals surface area contributed by atoms with E-state index in [9.17, 15) is 4.79 Å². The van der Waals surface area contributed by atoms with E-state index in [1.165, 1.54) is 4.90 Å². The lowest BCUT2D eigenvalue weighted by atomic mass is 10.0. The number of carbonyl (C=O) groups excluding carboxylic acids is 1. The van der Waals surface area contributed by atoms with Crippen molar-refractivity contribution in [3.63, 3.8) is 0 Å². The Morgan fingerprint density at radius 2 is 1.69 bits per heavy atom. The van der Waals surface area contributed by atoms with E-state index in [0.717, 1.165) is 33.8 Å². The molecule has 160 valence electrons. The van der Waals surface area contributed by atoms with E-state index in [0.29, 0.717) is 6.54 Å². The van der Waals surface area contributed by atoms with Crippen molar-refractivity contribution in [1.82, 2.24) is 9.47 Å². The molecule has 0 spiro atoms. The highest BCUT2D eigenvalue weighted by atomic mass is 32.2. The van der Waals surface area contributed by atoms with Crippen LogP contribution in [0.1, 0.15) is 28.4 Å². The standard InChI is InChI=1S/C27H25N3OS/c1-19-8-3-5-10-23(19)28-27(31)30-18-21-9-4-6-11-24(21)29-17-7-12-25(29)26(30)20-13-15-22(32-2)16-14-20/h3-17,26H,18H2,1-2H3,(H,28,31)/t26-/m1/s1. The van der Waals surface area contributed by atoms with Gasteiger partial charge in [-0.1, -0.05) is 48.5 Å². The molecule has 1 atom stereocenters. The van der Waals surface area contributed by atoms with Crippen LogP contribution in [-0.4, -0.2) is 21.8 Å². The number of benzene rings is 3. The zero-order valence-electron chi connectivity index (χ0n) is 18.2. The topological polar surface area (TPSA) is 37.3 Å². The van der Waals surface area contributed by atoms with Gasteiger partial charge < -0.3 is 14.8 Å². The number of carbonyl (C=O) groups is 1. The van der Waals surface area contributed by atoms with Crippen molar-refractivity contribution in [2.45, 2.75) is 24.4 Å². The predicted molar refractivity (Wildman–Crippen MR) is 132 cm³/mol. The normalized spacial score (nSPS) is 14.9. The molecular weight excluding hydrogens is 414 g/mol. The quantitative estimate of drug-likeness (QED) is 0.363. The molecule has 5 heteroatoms. The zero-order valence-corrected chi connectivity index (χ0v) is 19.0. The number of para-hydroxylation sites is 2. The molecule has 3 aromatic carbocycles. The first-order valence-electron chi connectivity index (χ1n) is 10.7. The van der Waals surface area contributed by atoms with Gasteiger partial charge in [-0.25, -0.2) is 4.79 Å². The average Bonchev–Trinajstić information content (AvgIpc) is 3.25. The fourth-order valence-corrected chi connectivity index (χ4v) is 4.78. The maximum Gasteiger partial charge on any atom is 0.322 e. The van der Waals surface area contributed by atoms with Crippen LogP contribution in [0, 0.1) is 6.92 Å². The number of aromatic nitrogens is 1. The minimum absolute atomic E-state index is 0.109. The monoisotopic (exact) mass is 439 g/mol. The minimum Gasteiger partial charge on any atom is -0.318 e. The van der Waals surface area contributed by atoms with Gasteiger partial charge in [0, 0.05) is 22.5 Å². The molecule has 2 amide bonds. The first-order valence-corrected chi connectivity index (χ1v) is 11.9. The average molecular weight is 440 g/mol. The number of nitrogens with zero attached hydrogens (tertiary/aromatic N) is 2. The van der Waals surface area contributed by atoms with Gasteiger partial charge in [0.15, 0.2) is 0 Å². The number of nitrogens with one attached hydrogen (secondary N) is 1. The summed E-state index contributed by atoms with van der Waals surface area (Å²) in [6.45, 7) is 2.53.